The molecule has 18 heavy (non-hydrogen) atoms. The first-order valence-corrected chi connectivity index (χ1v) is 6.42. The Morgan fingerprint density at radius 1 is 0.944 bits per heavy atom. The number of hydrogen-bond acceptors (Lipinski definition) is 1. The van der Waals surface area contributed by atoms with Crippen molar-refractivity contribution in [1.29, 1.82) is 0 Å². The average molecular weight is 300 g/mol. The molecule has 0 amide bonds. The van der Waals surface area contributed by atoms with E-state index in [-0.39, 0.29) is 0 Å². The number of pyridine rings is 1. The van der Waals surface area contributed by atoms with Crippen molar-refractivity contribution in [2.75, 3.05) is 0 Å². The molecule has 2 aromatic carbocycles. The first kappa shape index (κ1) is 11.2. The lowest BCUT2D eigenvalue weighted by molar-refractivity contribution is -0.577. The average Bonchev–Trinajstić information content (AvgIpc) is 2.39. The highest BCUT2D eigenvalue weighted by Gasteiger charge is 2.06. The van der Waals surface area contributed by atoms with Gasteiger partial charge >= 0.3 is 0 Å². The van der Waals surface area contributed by atoms with Crippen LogP contribution in [0.3, 0.4) is 0 Å². The topological polar surface area (TPSA) is 26.9 Å². The highest BCUT2D eigenvalue weighted by atomic mass is 79.9. The van der Waals surface area contributed by atoms with Crippen molar-refractivity contribution in [2.24, 2.45) is 0 Å². The van der Waals surface area contributed by atoms with Gasteiger partial charge in [0.15, 0.2) is 6.20 Å². The summed E-state index contributed by atoms with van der Waals surface area (Å²) >= 11 is 3.54. The highest BCUT2D eigenvalue weighted by molar-refractivity contribution is 9.10. The van der Waals surface area contributed by atoms with Gasteiger partial charge in [0, 0.05) is 22.0 Å². The Hall–Kier alpha value is -1.87. The molecule has 0 saturated heterocycles. The van der Waals surface area contributed by atoms with Crippen molar-refractivity contribution in [3.63, 3.8) is 0 Å². The van der Waals surface area contributed by atoms with E-state index in [9.17, 15) is 5.21 Å². The van der Waals surface area contributed by atoms with Gasteiger partial charge in [0.25, 0.3) is 0 Å². The minimum atomic E-state index is 0.688. The second-order valence-corrected chi connectivity index (χ2v) is 4.94. The van der Waals surface area contributed by atoms with E-state index in [0.717, 1.165) is 25.7 Å². The maximum absolute atomic E-state index is 11.6. The number of fused-ring (bicyclic) bond motifs is 1. The van der Waals surface area contributed by atoms with E-state index in [1.807, 2.05) is 42.5 Å². The Balaban J connectivity index is 2.23. The fourth-order valence-electron chi connectivity index (χ4n) is 2.06. The number of aromatic nitrogens is 1. The van der Waals surface area contributed by atoms with Crippen molar-refractivity contribution >= 4 is 26.8 Å². The quantitative estimate of drug-likeness (QED) is 0.494. The van der Waals surface area contributed by atoms with Gasteiger partial charge in [-0.2, -0.15) is 4.73 Å². The van der Waals surface area contributed by atoms with Crippen LogP contribution in [0.5, 0.6) is 0 Å². The third kappa shape index (κ3) is 1.87. The van der Waals surface area contributed by atoms with Gasteiger partial charge in [-0.1, -0.05) is 34.1 Å². The fraction of sp³-hybridized carbons (Fsp3) is 0. The van der Waals surface area contributed by atoms with Gasteiger partial charge in [-0.25, -0.2) is 0 Å². The lowest BCUT2D eigenvalue weighted by atomic mass is 10.0. The zero-order chi connectivity index (χ0) is 12.5. The molecule has 3 aromatic rings. The van der Waals surface area contributed by atoms with E-state index in [2.05, 4.69) is 22.0 Å². The fourth-order valence-corrected chi connectivity index (χ4v) is 2.57. The van der Waals surface area contributed by atoms with E-state index in [0.29, 0.717) is 5.52 Å². The van der Waals surface area contributed by atoms with Gasteiger partial charge in [0.1, 0.15) is 0 Å². The maximum Gasteiger partial charge on any atom is 0.223 e. The molecule has 0 radical (unpaired) electrons. The van der Waals surface area contributed by atoms with E-state index in [1.54, 1.807) is 6.07 Å². The summed E-state index contributed by atoms with van der Waals surface area (Å²) in [7, 11) is 0. The zero-order valence-electron chi connectivity index (χ0n) is 9.51. The number of halogens is 1. The summed E-state index contributed by atoms with van der Waals surface area (Å²) in [4.78, 5) is 0. The number of benzene rings is 2. The van der Waals surface area contributed by atoms with Gasteiger partial charge < -0.3 is 5.21 Å². The monoisotopic (exact) mass is 299 g/mol. The lowest BCUT2D eigenvalue weighted by Crippen LogP contribution is -2.25. The van der Waals surface area contributed by atoms with E-state index in [1.165, 1.54) is 6.20 Å². The van der Waals surface area contributed by atoms with Gasteiger partial charge in [-0.3, -0.25) is 0 Å². The summed E-state index contributed by atoms with van der Waals surface area (Å²) in [5.74, 6) is 0. The Morgan fingerprint density at radius 3 is 2.61 bits per heavy atom. The van der Waals surface area contributed by atoms with Crippen LogP contribution in [0.4, 0.5) is 0 Å². The first-order chi connectivity index (χ1) is 8.75. The molecule has 0 saturated carbocycles. The molecule has 2 nitrogen and oxygen atoms in total. The van der Waals surface area contributed by atoms with E-state index in [4.69, 9.17) is 0 Å². The third-order valence-corrected chi connectivity index (χ3v) is 3.64. The van der Waals surface area contributed by atoms with Crippen LogP contribution in [0.15, 0.2) is 65.3 Å². The summed E-state index contributed by atoms with van der Waals surface area (Å²) in [5, 5.41) is 12.5. The van der Waals surface area contributed by atoms with Crippen molar-refractivity contribution in [2.45, 2.75) is 0 Å². The minimum absolute atomic E-state index is 0.688. The number of rotatable bonds is 1. The van der Waals surface area contributed by atoms with Gasteiger partial charge in [-0.05, 0) is 35.4 Å². The summed E-state index contributed by atoms with van der Waals surface area (Å²) in [6.45, 7) is 0. The molecule has 0 spiro atoms. The van der Waals surface area contributed by atoms with Crippen LogP contribution < -0.4 is 4.73 Å². The van der Waals surface area contributed by atoms with Crippen LogP contribution in [0.1, 0.15) is 0 Å². The van der Waals surface area contributed by atoms with Crippen molar-refractivity contribution in [3.8, 4) is 11.1 Å². The number of nitrogens with zero attached hydrogens (tertiary/aromatic N) is 1. The molecule has 0 aliphatic rings. The van der Waals surface area contributed by atoms with Crippen molar-refractivity contribution in [3.05, 3.63) is 70.5 Å². The number of hydrogen-bond donors (Lipinski definition) is 0. The molecule has 0 aliphatic heterocycles. The second kappa shape index (κ2) is 4.42. The SMILES string of the molecule is [O-][n+]1cccc2cc(-c3ccccc3Br)ccc21. The Kier molecular flexibility index (Phi) is 2.76. The van der Waals surface area contributed by atoms with Crippen LogP contribution in [-0.4, -0.2) is 0 Å². The van der Waals surface area contributed by atoms with Crippen LogP contribution in [0, 0.1) is 5.21 Å². The molecule has 1 heterocycles. The van der Waals surface area contributed by atoms with Crippen LogP contribution in [-0.2, 0) is 0 Å². The highest BCUT2D eigenvalue weighted by Crippen LogP contribution is 2.29. The molecule has 0 atom stereocenters. The normalized spacial score (nSPS) is 10.7. The molecule has 3 rings (SSSR count). The smallest absolute Gasteiger partial charge is 0.223 e. The summed E-state index contributed by atoms with van der Waals surface area (Å²) in [6.07, 6.45) is 1.51. The van der Waals surface area contributed by atoms with Crippen molar-refractivity contribution in [1.82, 2.24) is 0 Å². The molecule has 0 unspecified atom stereocenters. The second-order valence-electron chi connectivity index (χ2n) is 4.09. The molecule has 0 bridgehead atoms. The Bertz CT molecular complexity index is 725. The summed E-state index contributed by atoms with van der Waals surface area (Å²) in [6, 6.07) is 17.6. The van der Waals surface area contributed by atoms with Crippen LogP contribution in [0.2, 0.25) is 0 Å². The van der Waals surface area contributed by atoms with Crippen molar-refractivity contribution < 1.29 is 4.73 Å². The van der Waals surface area contributed by atoms with E-state index < -0.39 is 0 Å². The largest absolute Gasteiger partial charge is 0.618 e. The first-order valence-electron chi connectivity index (χ1n) is 5.62. The molecule has 88 valence electrons. The standard InChI is InChI=1S/C15H10BrNO/c16-14-6-2-1-5-13(14)11-7-8-15-12(10-11)4-3-9-17(15)18/h1-10H. The molecule has 0 N–H and O–H groups in total. The Labute approximate surface area is 113 Å². The third-order valence-electron chi connectivity index (χ3n) is 2.95. The molecule has 1 aromatic heterocycles. The maximum atomic E-state index is 11.6. The van der Waals surface area contributed by atoms with Crippen LogP contribution >= 0.6 is 15.9 Å². The molecular weight excluding hydrogens is 290 g/mol. The van der Waals surface area contributed by atoms with E-state index >= 15 is 0 Å². The summed E-state index contributed by atoms with van der Waals surface area (Å²) in [5.41, 5.74) is 2.91. The van der Waals surface area contributed by atoms with Gasteiger partial charge in [0.2, 0.25) is 5.52 Å². The predicted octanol–water partition coefficient (Wildman–Crippen LogP) is 3.90. The predicted molar refractivity (Wildman–Crippen MR) is 76.0 cm³/mol. The zero-order valence-corrected chi connectivity index (χ0v) is 11.1. The van der Waals surface area contributed by atoms with Gasteiger partial charge in [0.05, 0.1) is 0 Å². The molecule has 0 aliphatic carbocycles. The minimum Gasteiger partial charge on any atom is -0.618 e. The molecule has 3 heteroatoms. The van der Waals surface area contributed by atoms with Gasteiger partial charge in [-0.15, -0.1) is 0 Å². The lowest BCUT2D eigenvalue weighted by Gasteiger charge is -2.06. The van der Waals surface area contributed by atoms with Crippen LogP contribution in [0.25, 0.3) is 22.0 Å². The summed E-state index contributed by atoms with van der Waals surface area (Å²) < 4.78 is 1.94. The Morgan fingerprint density at radius 2 is 1.78 bits per heavy atom. The molecule has 0 fully saturated rings. The molecular formula is C15H10BrNO.